The number of aromatic amines is 1. The normalized spacial score (nSPS) is 12.8. The van der Waals surface area contributed by atoms with Gasteiger partial charge in [-0.2, -0.15) is 0 Å². The van der Waals surface area contributed by atoms with E-state index in [1.807, 2.05) is 32.2 Å². The van der Waals surface area contributed by atoms with Gasteiger partial charge in [0.1, 0.15) is 23.5 Å². The molecule has 1 aliphatic heterocycles. The van der Waals surface area contributed by atoms with E-state index in [2.05, 4.69) is 25.3 Å². The van der Waals surface area contributed by atoms with Crippen LogP contribution in [-0.2, 0) is 6.54 Å². The Labute approximate surface area is 137 Å². The second-order valence-electron chi connectivity index (χ2n) is 5.89. The van der Waals surface area contributed by atoms with E-state index in [4.69, 9.17) is 4.74 Å². The first-order valence-corrected chi connectivity index (χ1v) is 7.70. The predicted molar refractivity (Wildman–Crippen MR) is 90.6 cm³/mol. The average molecular weight is 325 g/mol. The minimum absolute atomic E-state index is 0.0142. The fourth-order valence-corrected chi connectivity index (χ4v) is 2.73. The molecule has 3 aromatic rings. The second-order valence-corrected chi connectivity index (χ2v) is 5.89. The van der Waals surface area contributed by atoms with Gasteiger partial charge in [0, 0.05) is 12.4 Å². The fourth-order valence-electron chi connectivity index (χ4n) is 2.73. The van der Waals surface area contributed by atoms with Gasteiger partial charge in [-0.15, -0.1) is 0 Å². The number of aromatic nitrogens is 3. The Morgan fingerprint density at radius 1 is 1.29 bits per heavy atom. The zero-order valence-electron chi connectivity index (χ0n) is 13.3. The largest absolute Gasteiger partial charge is 0.489 e. The van der Waals surface area contributed by atoms with Crippen LogP contribution in [0.1, 0.15) is 25.0 Å². The van der Waals surface area contributed by atoms with Crippen molar-refractivity contribution in [3.05, 3.63) is 41.6 Å². The van der Waals surface area contributed by atoms with E-state index in [9.17, 15) is 4.39 Å². The summed E-state index contributed by atoms with van der Waals surface area (Å²) in [7, 11) is 0. The minimum Gasteiger partial charge on any atom is -0.489 e. The molecule has 1 aromatic carbocycles. The van der Waals surface area contributed by atoms with Gasteiger partial charge >= 0.3 is 0 Å². The zero-order chi connectivity index (χ0) is 16.7. The van der Waals surface area contributed by atoms with Crippen LogP contribution in [0.5, 0.6) is 5.75 Å². The van der Waals surface area contributed by atoms with Crippen LogP contribution in [0, 0.1) is 5.82 Å². The molecule has 0 radical (unpaired) electrons. The lowest BCUT2D eigenvalue weighted by atomic mass is 10.1. The summed E-state index contributed by atoms with van der Waals surface area (Å²) in [5.41, 5.74) is 3.29. The molecule has 3 heterocycles. The van der Waals surface area contributed by atoms with Crippen LogP contribution in [0.3, 0.4) is 0 Å². The Hall–Kier alpha value is -2.96. The maximum atomic E-state index is 14.0. The lowest BCUT2D eigenvalue weighted by Crippen LogP contribution is -2.09. The van der Waals surface area contributed by atoms with Gasteiger partial charge in [-0.3, -0.25) is 4.99 Å². The summed E-state index contributed by atoms with van der Waals surface area (Å²) in [4.78, 5) is 15.3. The summed E-state index contributed by atoms with van der Waals surface area (Å²) in [6.45, 7) is 4.57. The maximum absolute atomic E-state index is 14.0. The monoisotopic (exact) mass is 325 g/mol. The van der Waals surface area contributed by atoms with Gasteiger partial charge in [0.25, 0.3) is 0 Å². The third-order valence-corrected chi connectivity index (χ3v) is 3.77. The first kappa shape index (κ1) is 14.6. The summed E-state index contributed by atoms with van der Waals surface area (Å²) in [6, 6.07) is 3.92. The number of anilines is 2. The smallest absolute Gasteiger partial charge is 0.153 e. The van der Waals surface area contributed by atoms with Crippen molar-refractivity contribution >= 4 is 28.8 Å². The number of benzene rings is 1. The number of hydrogen-bond acceptors (Lipinski definition) is 5. The van der Waals surface area contributed by atoms with Crippen molar-refractivity contribution in [2.45, 2.75) is 26.5 Å². The van der Waals surface area contributed by atoms with Gasteiger partial charge in [0.05, 0.1) is 23.7 Å². The van der Waals surface area contributed by atoms with Gasteiger partial charge in [-0.25, -0.2) is 14.4 Å². The average Bonchev–Trinajstić information content (AvgIpc) is 3.14. The van der Waals surface area contributed by atoms with Crippen LogP contribution in [0.15, 0.2) is 29.6 Å². The molecule has 2 aromatic heterocycles. The molecule has 0 aliphatic carbocycles. The van der Waals surface area contributed by atoms with Gasteiger partial charge in [-0.1, -0.05) is 0 Å². The Morgan fingerprint density at radius 2 is 2.17 bits per heavy atom. The highest BCUT2D eigenvalue weighted by Crippen LogP contribution is 2.34. The lowest BCUT2D eigenvalue weighted by Gasteiger charge is -2.17. The van der Waals surface area contributed by atoms with Crippen molar-refractivity contribution in [1.82, 2.24) is 15.0 Å². The van der Waals surface area contributed by atoms with Crippen molar-refractivity contribution in [3.8, 4) is 5.75 Å². The fraction of sp³-hybridized carbons (Fsp3) is 0.235. The van der Waals surface area contributed by atoms with Crippen LogP contribution in [0.25, 0.3) is 11.0 Å². The topological polar surface area (TPSA) is 75.2 Å². The number of aliphatic imine (C=N–C) groups is 1. The zero-order valence-corrected chi connectivity index (χ0v) is 13.3. The molecule has 0 spiro atoms. The molecule has 0 unspecified atom stereocenters. The van der Waals surface area contributed by atoms with Crippen molar-refractivity contribution in [2.24, 2.45) is 4.99 Å². The van der Waals surface area contributed by atoms with Crippen LogP contribution in [-0.4, -0.2) is 27.3 Å². The van der Waals surface area contributed by atoms with Gasteiger partial charge < -0.3 is 15.0 Å². The molecule has 6 nitrogen and oxygen atoms in total. The number of hydrogen-bond donors (Lipinski definition) is 2. The summed E-state index contributed by atoms with van der Waals surface area (Å²) in [5, 5.41) is 3.50. The summed E-state index contributed by atoms with van der Waals surface area (Å²) < 4.78 is 19.9. The van der Waals surface area contributed by atoms with Crippen LogP contribution in [0.2, 0.25) is 0 Å². The molecule has 24 heavy (non-hydrogen) atoms. The van der Waals surface area contributed by atoms with Crippen LogP contribution < -0.4 is 10.1 Å². The summed E-state index contributed by atoms with van der Waals surface area (Å²) in [6.07, 6.45) is 4.50. The van der Waals surface area contributed by atoms with Gasteiger partial charge in [0.15, 0.2) is 5.82 Å². The van der Waals surface area contributed by atoms with E-state index in [0.29, 0.717) is 29.1 Å². The molecule has 0 atom stereocenters. The second kappa shape index (κ2) is 5.59. The number of halogens is 1. The number of fused-ring (bicyclic) bond motifs is 2. The summed E-state index contributed by atoms with van der Waals surface area (Å²) >= 11 is 0. The first-order chi connectivity index (χ1) is 11.6. The van der Waals surface area contributed by atoms with Gasteiger partial charge in [0.2, 0.25) is 0 Å². The number of nitrogens with zero attached hydrogens (tertiary/aromatic N) is 3. The number of ether oxygens (including phenoxy) is 1. The summed E-state index contributed by atoms with van der Waals surface area (Å²) in [5.74, 6) is 0.682. The molecular formula is C17H16FN5O. The van der Waals surface area contributed by atoms with Crippen LogP contribution >= 0.6 is 0 Å². The van der Waals surface area contributed by atoms with E-state index >= 15 is 0 Å². The highest BCUT2D eigenvalue weighted by atomic mass is 19.1. The van der Waals surface area contributed by atoms with E-state index in [1.165, 1.54) is 12.5 Å². The van der Waals surface area contributed by atoms with Crippen molar-refractivity contribution in [1.29, 1.82) is 0 Å². The number of rotatable bonds is 4. The van der Waals surface area contributed by atoms with Crippen molar-refractivity contribution in [3.63, 3.8) is 0 Å². The molecule has 0 bridgehead atoms. The third kappa shape index (κ3) is 2.47. The maximum Gasteiger partial charge on any atom is 0.153 e. The molecule has 2 N–H and O–H groups in total. The lowest BCUT2D eigenvalue weighted by molar-refractivity contribution is 0.243. The SMILES string of the molecule is CC(C)Oc1cc2c(cc1Nc1ncnc3[nH]cc(F)c13)C=NC2. The molecule has 0 fully saturated rings. The van der Waals surface area contributed by atoms with E-state index < -0.39 is 5.82 Å². The Morgan fingerprint density at radius 3 is 3.00 bits per heavy atom. The van der Waals surface area contributed by atoms with Crippen molar-refractivity contribution < 1.29 is 9.13 Å². The number of nitrogens with one attached hydrogen (secondary N) is 2. The van der Waals surface area contributed by atoms with Gasteiger partial charge in [-0.05, 0) is 37.1 Å². The highest BCUT2D eigenvalue weighted by Gasteiger charge is 2.17. The van der Waals surface area contributed by atoms with E-state index in [1.54, 1.807) is 0 Å². The number of H-pyrrole nitrogens is 1. The predicted octanol–water partition coefficient (Wildman–Crippen LogP) is 3.56. The molecule has 1 aliphatic rings. The van der Waals surface area contributed by atoms with Crippen molar-refractivity contribution in [2.75, 3.05) is 5.32 Å². The van der Waals surface area contributed by atoms with E-state index in [-0.39, 0.29) is 6.10 Å². The Kier molecular flexibility index (Phi) is 3.41. The molecule has 122 valence electrons. The highest BCUT2D eigenvalue weighted by molar-refractivity contribution is 5.92. The quantitative estimate of drug-likeness (QED) is 0.769. The molecule has 4 rings (SSSR count). The Balaban J connectivity index is 1.80. The Bertz CT molecular complexity index is 948. The molecular weight excluding hydrogens is 309 g/mol. The molecule has 0 amide bonds. The standard InChI is InChI=1S/C17H16FN5O/c1-9(2)24-14-4-11-6-19-5-10(11)3-13(14)23-17-15-12(18)7-20-16(15)21-8-22-17/h3-5,7-9H,6H2,1-2H3,(H2,20,21,22,23). The molecule has 7 heteroatoms. The first-order valence-electron chi connectivity index (χ1n) is 7.70. The van der Waals surface area contributed by atoms with Crippen LogP contribution in [0.4, 0.5) is 15.9 Å². The molecule has 0 saturated carbocycles. The third-order valence-electron chi connectivity index (χ3n) is 3.77. The van der Waals surface area contributed by atoms with E-state index in [0.717, 1.165) is 16.8 Å². The molecule has 0 saturated heterocycles. The minimum atomic E-state index is -0.401.